The van der Waals surface area contributed by atoms with Crippen molar-refractivity contribution >= 4 is 15.9 Å². The summed E-state index contributed by atoms with van der Waals surface area (Å²) < 4.78 is 31.9. The number of nitrogens with one attached hydrogen (secondary N) is 2. The molecule has 0 aromatic heterocycles. The summed E-state index contributed by atoms with van der Waals surface area (Å²) in [6.07, 6.45) is 0.0661. The van der Waals surface area contributed by atoms with E-state index in [1.165, 1.54) is 12.1 Å². The van der Waals surface area contributed by atoms with E-state index in [1.807, 2.05) is 31.2 Å². The lowest BCUT2D eigenvalue weighted by Gasteiger charge is -2.09. The Labute approximate surface area is 148 Å². The second kappa shape index (κ2) is 9.19. The van der Waals surface area contributed by atoms with E-state index in [9.17, 15) is 13.2 Å². The van der Waals surface area contributed by atoms with Crippen molar-refractivity contribution in [2.45, 2.75) is 18.2 Å². The smallest absolute Gasteiger partial charge is 0.240 e. The molecule has 0 bridgehead atoms. The largest absolute Gasteiger partial charge is 0.492 e. The van der Waals surface area contributed by atoms with Crippen LogP contribution in [-0.2, 0) is 14.8 Å². The van der Waals surface area contributed by atoms with Gasteiger partial charge in [0.15, 0.2) is 0 Å². The highest BCUT2D eigenvalue weighted by Gasteiger charge is 2.13. The van der Waals surface area contributed by atoms with Crippen molar-refractivity contribution in [2.75, 3.05) is 19.7 Å². The van der Waals surface area contributed by atoms with E-state index >= 15 is 0 Å². The molecule has 7 heteroatoms. The number of benzene rings is 2. The highest BCUT2D eigenvalue weighted by atomic mass is 32.2. The van der Waals surface area contributed by atoms with Gasteiger partial charge >= 0.3 is 0 Å². The van der Waals surface area contributed by atoms with Gasteiger partial charge in [-0.3, -0.25) is 4.79 Å². The molecule has 25 heavy (non-hydrogen) atoms. The molecule has 0 heterocycles. The maximum atomic E-state index is 12.0. The summed E-state index contributed by atoms with van der Waals surface area (Å²) in [5, 5.41) is 2.69. The molecule has 1 amide bonds. The van der Waals surface area contributed by atoms with Gasteiger partial charge in [-0.1, -0.05) is 35.9 Å². The van der Waals surface area contributed by atoms with Crippen LogP contribution in [0.3, 0.4) is 0 Å². The summed E-state index contributed by atoms with van der Waals surface area (Å²) >= 11 is 0. The van der Waals surface area contributed by atoms with Gasteiger partial charge in [0.05, 0.1) is 11.4 Å². The zero-order valence-corrected chi connectivity index (χ0v) is 14.9. The van der Waals surface area contributed by atoms with Crippen LogP contribution in [-0.4, -0.2) is 34.0 Å². The van der Waals surface area contributed by atoms with Gasteiger partial charge in [0.1, 0.15) is 12.4 Å². The summed E-state index contributed by atoms with van der Waals surface area (Å²) in [6, 6.07) is 15.7. The van der Waals surface area contributed by atoms with Crippen LogP contribution in [0, 0.1) is 6.92 Å². The Morgan fingerprint density at radius 3 is 2.36 bits per heavy atom. The molecule has 0 saturated heterocycles. The Bertz CT molecular complexity index is 774. The number of hydrogen-bond acceptors (Lipinski definition) is 4. The topological polar surface area (TPSA) is 84.5 Å². The van der Waals surface area contributed by atoms with Crippen molar-refractivity contribution < 1.29 is 17.9 Å². The van der Waals surface area contributed by atoms with E-state index < -0.39 is 10.0 Å². The third-order valence-corrected chi connectivity index (χ3v) is 4.89. The van der Waals surface area contributed by atoms with Crippen LogP contribution >= 0.6 is 0 Å². The molecule has 2 aromatic carbocycles. The van der Waals surface area contributed by atoms with E-state index in [0.29, 0.717) is 13.2 Å². The third-order valence-electron chi connectivity index (χ3n) is 3.41. The maximum absolute atomic E-state index is 12.0. The molecule has 2 N–H and O–H groups in total. The number of aryl methyl sites for hydroxylation is 1. The Morgan fingerprint density at radius 2 is 1.68 bits per heavy atom. The van der Waals surface area contributed by atoms with Gasteiger partial charge < -0.3 is 10.1 Å². The SMILES string of the molecule is Cc1ccc(OCCNC(=O)CCNS(=O)(=O)c2ccccc2)cc1. The van der Waals surface area contributed by atoms with Gasteiger partial charge in [-0.25, -0.2) is 13.1 Å². The summed E-state index contributed by atoms with van der Waals surface area (Å²) in [5.41, 5.74) is 1.15. The van der Waals surface area contributed by atoms with Gasteiger partial charge in [-0.2, -0.15) is 0 Å². The minimum atomic E-state index is -3.58. The van der Waals surface area contributed by atoms with Gasteiger partial charge in [-0.05, 0) is 31.2 Å². The van der Waals surface area contributed by atoms with Crippen LogP contribution in [0.2, 0.25) is 0 Å². The van der Waals surface area contributed by atoms with E-state index in [-0.39, 0.29) is 23.8 Å². The summed E-state index contributed by atoms with van der Waals surface area (Å²) in [6.45, 7) is 2.75. The maximum Gasteiger partial charge on any atom is 0.240 e. The molecular weight excluding hydrogens is 340 g/mol. The lowest BCUT2D eigenvalue weighted by Crippen LogP contribution is -2.32. The average molecular weight is 362 g/mol. The number of rotatable bonds is 9. The molecule has 2 rings (SSSR count). The molecule has 0 saturated carbocycles. The average Bonchev–Trinajstić information content (AvgIpc) is 2.61. The van der Waals surface area contributed by atoms with E-state index in [4.69, 9.17) is 4.74 Å². The minimum Gasteiger partial charge on any atom is -0.492 e. The van der Waals surface area contributed by atoms with Gasteiger partial charge in [-0.15, -0.1) is 0 Å². The fourth-order valence-corrected chi connectivity index (χ4v) is 3.12. The lowest BCUT2D eigenvalue weighted by atomic mass is 10.2. The fourth-order valence-electron chi connectivity index (χ4n) is 2.06. The Balaban J connectivity index is 1.63. The monoisotopic (exact) mass is 362 g/mol. The number of hydrogen-bond donors (Lipinski definition) is 2. The van der Waals surface area contributed by atoms with Crippen molar-refractivity contribution in [3.8, 4) is 5.75 Å². The second-order valence-corrected chi connectivity index (χ2v) is 7.24. The zero-order valence-electron chi connectivity index (χ0n) is 14.1. The standard InChI is InChI=1S/C18H22N2O4S/c1-15-7-9-16(10-8-15)24-14-13-19-18(21)11-12-20-25(22,23)17-5-3-2-4-6-17/h2-10,20H,11-14H2,1H3,(H,19,21). The highest BCUT2D eigenvalue weighted by Crippen LogP contribution is 2.10. The molecule has 0 radical (unpaired) electrons. The second-order valence-electron chi connectivity index (χ2n) is 5.47. The van der Waals surface area contributed by atoms with Gasteiger partial charge in [0.25, 0.3) is 0 Å². The predicted octanol–water partition coefficient (Wildman–Crippen LogP) is 1.86. The Kier molecular flexibility index (Phi) is 6.97. The first kappa shape index (κ1) is 19.0. The zero-order chi connectivity index (χ0) is 18.1. The Morgan fingerprint density at radius 1 is 1.00 bits per heavy atom. The molecule has 0 aliphatic carbocycles. The van der Waals surface area contributed by atoms with Crippen molar-refractivity contribution in [3.05, 3.63) is 60.2 Å². The molecule has 6 nitrogen and oxygen atoms in total. The van der Waals surface area contributed by atoms with Gasteiger partial charge in [0.2, 0.25) is 15.9 Å². The van der Waals surface area contributed by atoms with Crippen molar-refractivity contribution in [3.63, 3.8) is 0 Å². The number of ether oxygens (including phenoxy) is 1. The van der Waals surface area contributed by atoms with Crippen molar-refractivity contribution in [1.29, 1.82) is 0 Å². The van der Waals surface area contributed by atoms with Crippen LogP contribution in [0.15, 0.2) is 59.5 Å². The molecule has 0 unspecified atom stereocenters. The van der Waals surface area contributed by atoms with Crippen molar-refractivity contribution in [1.82, 2.24) is 10.0 Å². The molecule has 0 aliphatic rings. The number of carbonyl (C=O) groups is 1. The van der Waals surface area contributed by atoms with Crippen LogP contribution in [0.5, 0.6) is 5.75 Å². The molecule has 2 aromatic rings. The van der Waals surface area contributed by atoms with Crippen LogP contribution in [0.4, 0.5) is 0 Å². The summed E-state index contributed by atoms with van der Waals surface area (Å²) in [7, 11) is -3.58. The van der Waals surface area contributed by atoms with E-state index in [0.717, 1.165) is 11.3 Å². The fraction of sp³-hybridized carbons (Fsp3) is 0.278. The van der Waals surface area contributed by atoms with E-state index in [1.54, 1.807) is 18.2 Å². The summed E-state index contributed by atoms with van der Waals surface area (Å²) in [4.78, 5) is 11.9. The molecular formula is C18H22N2O4S. The van der Waals surface area contributed by atoms with Crippen molar-refractivity contribution in [2.24, 2.45) is 0 Å². The highest BCUT2D eigenvalue weighted by molar-refractivity contribution is 7.89. The number of amides is 1. The van der Waals surface area contributed by atoms with Crippen LogP contribution in [0.1, 0.15) is 12.0 Å². The summed E-state index contributed by atoms with van der Waals surface area (Å²) in [5.74, 6) is 0.513. The Hall–Kier alpha value is -2.38. The van der Waals surface area contributed by atoms with E-state index in [2.05, 4.69) is 10.0 Å². The first-order valence-corrected chi connectivity index (χ1v) is 9.46. The number of carbonyl (C=O) groups excluding carboxylic acids is 1. The van der Waals surface area contributed by atoms with Crippen LogP contribution in [0.25, 0.3) is 0 Å². The number of sulfonamides is 1. The molecule has 0 aliphatic heterocycles. The quantitative estimate of drug-likeness (QED) is 0.667. The molecule has 0 spiro atoms. The minimum absolute atomic E-state index is 0.0435. The van der Waals surface area contributed by atoms with Crippen LogP contribution < -0.4 is 14.8 Å². The molecule has 0 fully saturated rings. The first-order chi connectivity index (χ1) is 12.0. The molecule has 134 valence electrons. The lowest BCUT2D eigenvalue weighted by molar-refractivity contribution is -0.121. The first-order valence-electron chi connectivity index (χ1n) is 7.98. The predicted molar refractivity (Wildman–Crippen MR) is 95.9 cm³/mol. The normalized spacial score (nSPS) is 11.1. The molecule has 0 atom stereocenters. The third kappa shape index (κ3) is 6.56. The van der Waals surface area contributed by atoms with Gasteiger partial charge in [0, 0.05) is 13.0 Å².